The fraction of sp³-hybridized carbons (Fsp3) is 0.609. The Morgan fingerprint density at radius 1 is 1.11 bits per heavy atom. The number of H-pyrrole nitrogens is 1. The van der Waals surface area contributed by atoms with Crippen LogP contribution in [0.15, 0.2) is 30.5 Å². The van der Waals surface area contributed by atoms with E-state index in [1.54, 1.807) is 7.11 Å². The first-order valence-electron chi connectivity index (χ1n) is 10.8. The second-order valence-electron chi connectivity index (χ2n) is 9.24. The molecule has 1 aromatic carbocycles. The number of hydrogen-bond donors (Lipinski definition) is 1. The van der Waals surface area contributed by atoms with E-state index in [1.807, 2.05) is 18.3 Å². The lowest BCUT2D eigenvalue weighted by Crippen LogP contribution is -2.45. The van der Waals surface area contributed by atoms with Gasteiger partial charge in [0.05, 0.1) is 19.0 Å². The van der Waals surface area contributed by atoms with Gasteiger partial charge in [-0.25, -0.2) is 0 Å². The van der Waals surface area contributed by atoms with E-state index >= 15 is 0 Å². The lowest BCUT2D eigenvalue weighted by Gasteiger charge is -2.40. The van der Waals surface area contributed by atoms with Crippen LogP contribution in [0, 0.1) is 11.3 Å². The maximum absolute atomic E-state index is 5.29. The van der Waals surface area contributed by atoms with Crippen molar-refractivity contribution in [1.29, 1.82) is 0 Å². The van der Waals surface area contributed by atoms with Gasteiger partial charge < -0.3 is 9.64 Å². The number of rotatable bonds is 6. The SMILES string of the molecule is COc1ccc(-c2[nH]ncc2CN2CC[C@@]3(CCCN(CC4CC4)C3)C2)cc1. The first kappa shape index (κ1) is 18.2. The van der Waals surface area contributed by atoms with Crippen molar-refractivity contribution in [3.05, 3.63) is 36.0 Å². The highest BCUT2D eigenvalue weighted by molar-refractivity contribution is 5.63. The van der Waals surface area contributed by atoms with Gasteiger partial charge in [-0.1, -0.05) is 0 Å². The van der Waals surface area contributed by atoms with Crippen LogP contribution in [0.2, 0.25) is 0 Å². The Hall–Kier alpha value is -1.85. The Bertz CT molecular complexity index is 797. The highest BCUT2D eigenvalue weighted by Crippen LogP contribution is 2.41. The Morgan fingerprint density at radius 3 is 2.71 bits per heavy atom. The van der Waals surface area contributed by atoms with E-state index < -0.39 is 0 Å². The summed E-state index contributed by atoms with van der Waals surface area (Å²) < 4.78 is 5.29. The molecule has 150 valence electrons. The first-order chi connectivity index (χ1) is 13.7. The number of methoxy groups -OCH3 is 1. The molecule has 3 fully saturated rings. The molecule has 0 bridgehead atoms. The molecule has 3 aliphatic rings. The molecular weight excluding hydrogens is 348 g/mol. The van der Waals surface area contributed by atoms with E-state index in [-0.39, 0.29) is 0 Å². The molecule has 0 radical (unpaired) electrons. The Balaban J connectivity index is 1.24. The number of nitrogens with one attached hydrogen (secondary N) is 1. The Kier molecular flexibility index (Phi) is 4.89. The quantitative estimate of drug-likeness (QED) is 0.828. The lowest BCUT2D eigenvalue weighted by atomic mass is 9.79. The largest absolute Gasteiger partial charge is 0.497 e. The molecule has 5 rings (SSSR count). The van der Waals surface area contributed by atoms with Crippen LogP contribution in [0.3, 0.4) is 0 Å². The molecule has 1 aromatic heterocycles. The molecule has 1 aliphatic carbocycles. The molecule has 2 aromatic rings. The van der Waals surface area contributed by atoms with E-state index in [0.717, 1.165) is 23.9 Å². The number of likely N-dealkylation sites (tertiary alicyclic amines) is 2. The zero-order valence-electron chi connectivity index (χ0n) is 17.0. The molecule has 1 atom stereocenters. The molecular formula is C23H32N4O. The minimum atomic E-state index is 0.525. The predicted molar refractivity (Wildman–Crippen MR) is 111 cm³/mol. The van der Waals surface area contributed by atoms with E-state index in [0.29, 0.717) is 5.41 Å². The predicted octanol–water partition coefficient (Wildman–Crippen LogP) is 3.78. The van der Waals surface area contributed by atoms with Gasteiger partial charge in [0.25, 0.3) is 0 Å². The fourth-order valence-electron chi connectivity index (χ4n) is 5.31. The topological polar surface area (TPSA) is 44.4 Å². The van der Waals surface area contributed by atoms with Crippen molar-refractivity contribution < 1.29 is 4.74 Å². The summed E-state index contributed by atoms with van der Waals surface area (Å²) in [6, 6.07) is 8.25. The average molecular weight is 381 g/mol. The molecule has 0 amide bonds. The minimum Gasteiger partial charge on any atom is -0.497 e. The molecule has 2 aliphatic heterocycles. The highest BCUT2D eigenvalue weighted by Gasteiger charge is 2.42. The highest BCUT2D eigenvalue weighted by atomic mass is 16.5. The second-order valence-corrected chi connectivity index (χ2v) is 9.24. The Labute approximate surface area is 168 Å². The number of aromatic nitrogens is 2. The summed E-state index contributed by atoms with van der Waals surface area (Å²) in [5, 5.41) is 7.56. The van der Waals surface area contributed by atoms with Crippen molar-refractivity contribution in [2.75, 3.05) is 39.8 Å². The van der Waals surface area contributed by atoms with Crippen molar-refractivity contribution in [2.45, 2.75) is 38.6 Å². The van der Waals surface area contributed by atoms with Crippen molar-refractivity contribution in [2.24, 2.45) is 11.3 Å². The van der Waals surface area contributed by atoms with Crippen LogP contribution >= 0.6 is 0 Å². The molecule has 2 saturated heterocycles. The molecule has 1 spiro atoms. The van der Waals surface area contributed by atoms with Crippen LogP contribution < -0.4 is 4.74 Å². The van der Waals surface area contributed by atoms with Crippen LogP contribution in [0.4, 0.5) is 0 Å². The molecule has 0 unspecified atom stereocenters. The van der Waals surface area contributed by atoms with Gasteiger partial charge in [-0.15, -0.1) is 0 Å². The van der Waals surface area contributed by atoms with E-state index in [1.165, 1.54) is 76.0 Å². The third-order valence-corrected chi connectivity index (χ3v) is 6.96. The van der Waals surface area contributed by atoms with Gasteiger partial charge in [0.15, 0.2) is 0 Å². The first-order valence-corrected chi connectivity index (χ1v) is 10.8. The number of piperidine rings is 1. The van der Waals surface area contributed by atoms with Gasteiger partial charge in [0.2, 0.25) is 0 Å². The lowest BCUT2D eigenvalue weighted by molar-refractivity contribution is 0.0885. The molecule has 28 heavy (non-hydrogen) atoms. The molecule has 5 nitrogen and oxygen atoms in total. The molecule has 1 saturated carbocycles. The number of nitrogens with zero attached hydrogens (tertiary/aromatic N) is 3. The van der Waals surface area contributed by atoms with E-state index in [4.69, 9.17) is 4.74 Å². The number of hydrogen-bond acceptors (Lipinski definition) is 4. The number of ether oxygens (including phenoxy) is 1. The second kappa shape index (κ2) is 7.53. The minimum absolute atomic E-state index is 0.525. The van der Waals surface area contributed by atoms with E-state index in [9.17, 15) is 0 Å². The van der Waals surface area contributed by atoms with Crippen LogP contribution in [-0.2, 0) is 6.54 Å². The summed E-state index contributed by atoms with van der Waals surface area (Å²) in [4.78, 5) is 5.42. The van der Waals surface area contributed by atoms with E-state index in [2.05, 4.69) is 32.1 Å². The van der Waals surface area contributed by atoms with Gasteiger partial charge in [-0.3, -0.25) is 10.00 Å². The van der Waals surface area contributed by atoms with Crippen molar-refractivity contribution in [3.8, 4) is 17.0 Å². The van der Waals surface area contributed by atoms with Crippen LogP contribution in [0.1, 0.15) is 37.7 Å². The molecule has 1 N–H and O–H groups in total. The summed E-state index contributed by atoms with van der Waals surface area (Å²) in [5.74, 6) is 1.89. The average Bonchev–Trinajstić information content (AvgIpc) is 3.27. The fourth-order valence-corrected chi connectivity index (χ4v) is 5.31. The number of aromatic amines is 1. The van der Waals surface area contributed by atoms with Crippen LogP contribution in [0.25, 0.3) is 11.3 Å². The van der Waals surface area contributed by atoms with Gasteiger partial charge in [0.1, 0.15) is 5.75 Å². The summed E-state index contributed by atoms with van der Waals surface area (Å²) in [6.07, 6.45) is 9.06. The number of benzene rings is 1. The van der Waals surface area contributed by atoms with Gasteiger partial charge in [0, 0.05) is 37.3 Å². The maximum atomic E-state index is 5.29. The van der Waals surface area contributed by atoms with Gasteiger partial charge in [-0.05, 0) is 80.8 Å². The van der Waals surface area contributed by atoms with Crippen LogP contribution in [0.5, 0.6) is 5.75 Å². The molecule has 3 heterocycles. The summed E-state index contributed by atoms with van der Waals surface area (Å²) >= 11 is 0. The summed E-state index contributed by atoms with van der Waals surface area (Å²) in [7, 11) is 1.71. The Morgan fingerprint density at radius 2 is 1.93 bits per heavy atom. The zero-order chi connectivity index (χ0) is 19.0. The van der Waals surface area contributed by atoms with Crippen molar-refractivity contribution >= 4 is 0 Å². The van der Waals surface area contributed by atoms with Crippen molar-refractivity contribution in [1.82, 2.24) is 20.0 Å². The van der Waals surface area contributed by atoms with Gasteiger partial charge >= 0.3 is 0 Å². The maximum Gasteiger partial charge on any atom is 0.118 e. The van der Waals surface area contributed by atoms with Gasteiger partial charge in [-0.2, -0.15) is 5.10 Å². The standard InChI is InChI=1S/C23H32N4O/c1-28-21-7-5-19(6-8-21)22-20(13-24-25-22)15-27-12-10-23(17-27)9-2-11-26(16-23)14-18-3-4-18/h5-8,13,18H,2-4,9-12,14-17H2,1H3,(H,24,25)/t23-/m1/s1. The summed E-state index contributed by atoms with van der Waals surface area (Å²) in [6.45, 7) is 7.43. The monoisotopic (exact) mass is 380 g/mol. The smallest absolute Gasteiger partial charge is 0.118 e. The zero-order valence-corrected chi connectivity index (χ0v) is 17.0. The normalized spacial score (nSPS) is 26.2. The summed E-state index contributed by atoms with van der Waals surface area (Å²) in [5.41, 5.74) is 4.14. The third kappa shape index (κ3) is 3.83. The van der Waals surface area contributed by atoms with Crippen molar-refractivity contribution in [3.63, 3.8) is 0 Å². The third-order valence-electron chi connectivity index (χ3n) is 6.96. The molecule has 5 heteroatoms. The van der Waals surface area contributed by atoms with Crippen LogP contribution in [-0.4, -0.2) is 59.8 Å².